The number of methoxy groups -OCH3 is 2. The van der Waals surface area contributed by atoms with Gasteiger partial charge in [0.1, 0.15) is 11.4 Å². The molecule has 188 valence electrons. The highest BCUT2D eigenvalue weighted by atomic mass is 19.1. The third-order valence-electron chi connectivity index (χ3n) is 7.26. The van der Waals surface area contributed by atoms with Crippen LogP contribution in [0.5, 0.6) is 11.5 Å². The number of benzene rings is 2. The van der Waals surface area contributed by atoms with Gasteiger partial charge in [-0.25, -0.2) is 4.39 Å². The normalized spacial score (nSPS) is 26.2. The second-order valence-electron chi connectivity index (χ2n) is 9.14. The van der Waals surface area contributed by atoms with Gasteiger partial charge in [-0.2, -0.15) is 0 Å². The summed E-state index contributed by atoms with van der Waals surface area (Å²) in [6, 6.07) is 8.20. The van der Waals surface area contributed by atoms with Crippen molar-refractivity contribution in [3.63, 3.8) is 0 Å². The van der Waals surface area contributed by atoms with E-state index in [1.54, 1.807) is 18.2 Å². The van der Waals surface area contributed by atoms with Crippen molar-refractivity contribution in [1.29, 1.82) is 0 Å². The van der Waals surface area contributed by atoms with Crippen molar-refractivity contribution in [3.8, 4) is 11.5 Å². The number of nitrogens with zero attached hydrogens (tertiary/aromatic N) is 1. The summed E-state index contributed by atoms with van der Waals surface area (Å²) in [7, 11) is 3.03. The lowest BCUT2D eigenvalue weighted by Crippen LogP contribution is -2.53. The Morgan fingerprint density at radius 3 is 2.53 bits per heavy atom. The van der Waals surface area contributed by atoms with Gasteiger partial charge in [0.15, 0.2) is 11.5 Å². The molecule has 2 saturated heterocycles. The Balaban J connectivity index is 1.49. The summed E-state index contributed by atoms with van der Waals surface area (Å²) in [5.41, 5.74) is 5.12. The average molecular weight is 496 g/mol. The number of rotatable bonds is 7. The first-order chi connectivity index (χ1) is 17.2. The molecule has 5 rings (SSSR count). The number of hydrogen-bond donors (Lipinski definition) is 3. The van der Waals surface area contributed by atoms with E-state index in [0.29, 0.717) is 23.6 Å². The second-order valence-corrected chi connectivity index (χ2v) is 9.14. The molecule has 4 atom stereocenters. The number of fused-ring (bicyclic) bond motifs is 4. The van der Waals surface area contributed by atoms with Crippen molar-refractivity contribution >= 4 is 29.3 Å². The number of halogens is 1. The Bertz CT molecular complexity index is 1300. The molecule has 3 heterocycles. The van der Waals surface area contributed by atoms with E-state index < -0.39 is 52.9 Å². The monoisotopic (exact) mass is 496 g/mol. The van der Waals surface area contributed by atoms with Crippen LogP contribution in [0.4, 0.5) is 10.1 Å². The number of ether oxygens (including phenoxy) is 2. The van der Waals surface area contributed by atoms with Crippen LogP contribution in [0.2, 0.25) is 0 Å². The van der Waals surface area contributed by atoms with Crippen LogP contribution in [-0.2, 0) is 31.1 Å². The Kier molecular flexibility index (Phi) is 5.67. The molecule has 10 nitrogen and oxygen atoms in total. The molecule has 0 bridgehead atoms. The Morgan fingerprint density at radius 2 is 1.83 bits per heavy atom. The van der Waals surface area contributed by atoms with Crippen molar-refractivity contribution in [2.45, 2.75) is 24.4 Å². The van der Waals surface area contributed by atoms with Crippen LogP contribution < -0.4 is 25.8 Å². The van der Waals surface area contributed by atoms with E-state index in [-0.39, 0.29) is 18.5 Å². The third-order valence-corrected chi connectivity index (χ3v) is 7.26. The molecule has 0 unspecified atom stereocenters. The SMILES string of the molecule is COc1ccc(CCN2C(=O)[C@H]3[C@@H](C2=O)[C@@]2(N[C@@H]3CC(N)=O)C(=O)Nc3ccc(F)cc32)cc1OC. The fourth-order valence-corrected chi connectivity index (χ4v) is 5.72. The molecule has 4 N–H and O–H groups in total. The van der Waals surface area contributed by atoms with Crippen LogP contribution in [0.25, 0.3) is 0 Å². The van der Waals surface area contributed by atoms with Gasteiger partial charge in [-0.1, -0.05) is 6.07 Å². The molecular formula is C25H25FN4O6. The topological polar surface area (TPSA) is 140 Å². The summed E-state index contributed by atoms with van der Waals surface area (Å²) in [6.07, 6.45) is 0.0684. The third kappa shape index (κ3) is 3.41. The zero-order chi connectivity index (χ0) is 25.8. The lowest BCUT2D eigenvalue weighted by Gasteiger charge is -2.29. The number of carbonyl (C=O) groups is 4. The van der Waals surface area contributed by atoms with E-state index in [9.17, 15) is 23.6 Å². The fraction of sp³-hybridized carbons (Fsp3) is 0.360. The minimum Gasteiger partial charge on any atom is -0.493 e. The van der Waals surface area contributed by atoms with Crippen LogP contribution in [-0.4, -0.2) is 55.3 Å². The van der Waals surface area contributed by atoms with Crippen molar-refractivity contribution in [3.05, 3.63) is 53.3 Å². The van der Waals surface area contributed by atoms with Gasteiger partial charge < -0.3 is 20.5 Å². The van der Waals surface area contributed by atoms with Gasteiger partial charge in [0, 0.05) is 30.3 Å². The molecule has 2 fully saturated rings. The van der Waals surface area contributed by atoms with Crippen molar-refractivity contribution < 1.29 is 33.0 Å². The quantitative estimate of drug-likeness (QED) is 0.479. The first-order valence-corrected chi connectivity index (χ1v) is 11.4. The van der Waals surface area contributed by atoms with Crippen LogP contribution in [0, 0.1) is 17.7 Å². The predicted octanol–water partition coefficient (Wildman–Crippen LogP) is 0.681. The molecule has 4 amide bonds. The number of carbonyl (C=O) groups excluding carboxylic acids is 4. The number of imide groups is 1. The van der Waals surface area contributed by atoms with Gasteiger partial charge in [-0.15, -0.1) is 0 Å². The van der Waals surface area contributed by atoms with Gasteiger partial charge in [-0.05, 0) is 42.3 Å². The summed E-state index contributed by atoms with van der Waals surface area (Å²) in [5, 5.41) is 5.72. The molecule has 0 radical (unpaired) electrons. The minimum absolute atomic E-state index is 0.0527. The molecule has 0 aliphatic carbocycles. The maximum absolute atomic E-state index is 14.2. The zero-order valence-electron chi connectivity index (χ0n) is 19.7. The average Bonchev–Trinajstić information content (AvgIpc) is 3.41. The lowest BCUT2D eigenvalue weighted by atomic mass is 9.76. The molecule has 11 heteroatoms. The van der Waals surface area contributed by atoms with E-state index in [1.165, 1.54) is 32.4 Å². The van der Waals surface area contributed by atoms with Crippen LogP contribution in [0.15, 0.2) is 36.4 Å². The standard InChI is InChI=1S/C25H25FN4O6/c1-35-17-6-3-12(9-18(17)36-2)7-8-30-22(32)20-16(11-19(27)31)29-25(21(20)23(30)33)14-10-13(26)4-5-15(14)28-24(25)34/h3-6,9-10,16,20-21,29H,7-8,11H2,1-2H3,(H2,27,31)(H,28,34)/t16-,20-,21+,25-/m1/s1. The summed E-state index contributed by atoms with van der Waals surface area (Å²) < 4.78 is 24.8. The first-order valence-electron chi connectivity index (χ1n) is 11.4. The molecule has 2 aromatic rings. The van der Waals surface area contributed by atoms with Gasteiger partial charge >= 0.3 is 0 Å². The van der Waals surface area contributed by atoms with Gasteiger partial charge in [-0.3, -0.25) is 29.4 Å². The van der Waals surface area contributed by atoms with Gasteiger partial charge in [0.25, 0.3) is 0 Å². The van der Waals surface area contributed by atoms with E-state index >= 15 is 0 Å². The highest BCUT2D eigenvalue weighted by Gasteiger charge is 2.70. The summed E-state index contributed by atoms with van der Waals surface area (Å²) >= 11 is 0. The van der Waals surface area contributed by atoms with E-state index in [2.05, 4.69) is 10.6 Å². The minimum atomic E-state index is -1.69. The molecule has 0 saturated carbocycles. The highest BCUT2D eigenvalue weighted by molar-refractivity contribution is 6.15. The summed E-state index contributed by atoms with van der Waals surface area (Å²) in [6.45, 7) is 0.0527. The molecular weight excluding hydrogens is 471 g/mol. The van der Waals surface area contributed by atoms with Gasteiger partial charge in [0.2, 0.25) is 23.6 Å². The lowest BCUT2D eigenvalue weighted by molar-refractivity contribution is -0.142. The number of nitrogens with one attached hydrogen (secondary N) is 2. The molecule has 3 aliphatic heterocycles. The highest BCUT2D eigenvalue weighted by Crippen LogP contribution is 2.53. The molecule has 3 aliphatic rings. The zero-order valence-corrected chi connectivity index (χ0v) is 19.7. The smallest absolute Gasteiger partial charge is 0.250 e. The number of hydrogen-bond acceptors (Lipinski definition) is 7. The molecule has 0 aromatic heterocycles. The number of likely N-dealkylation sites (tertiary alicyclic amines) is 1. The van der Waals surface area contributed by atoms with Crippen LogP contribution in [0.1, 0.15) is 17.5 Å². The number of anilines is 1. The van der Waals surface area contributed by atoms with Crippen LogP contribution in [0.3, 0.4) is 0 Å². The van der Waals surface area contributed by atoms with E-state index in [1.807, 2.05) is 0 Å². The van der Waals surface area contributed by atoms with E-state index in [4.69, 9.17) is 15.2 Å². The Hall–Kier alpha value is -3.99. The van der Waals surface area contributed by atoms with Crippen LogP contribution >= 0.6 is 0 Å². The Labute approximate surface area is 205 Å². The van der Waals surface area contributed by atoms with Crippen molar-refractivity contribution in [2.75, 3.05) is 26.1 Å². The van der Waals surface area contributed by atoms with Crippen molar-refractivity contribution in [1.82, 2.24) is 10.2 Å². The Morgan fingerprint density at radius 1 is 1.08 bits per heavy atom. The van der Waals surface area contributed by atoms with Gasteiger partial charge in [0.05, 0.1) is 26.1 Å². The summed E-state index contributed by atoms with van der Waals surface area (Å²) in [5.74, 6) is -4.02. The second kappa shape index (κ2) is 8.59. The van der Waals surface area contributed by atoms with Crippen molar-refractivity contribution in [2.24, 2.45) is 17.6 Å². The molecule has 36 heavy (non-hydrogen) atoms. The summed E-state index contributed by atoms with van der Waals surface area (Å²) in [4.78, 5) is 53.4. The number of primary amides is 1. The predicted molar refractivity (Wildman–Crippen MR) is 124 cm³/mol. The maximum atomic E-state index is 14.2. The molecule has 1 spiro atoms. The number of amides is 4. The van der Waals surface area contributed by atoms with E-state index in [0.717, 1.165) is 10.5 Å². The largest absolute Gasteiger partial charge is 0.493 e. The number of nitrogens with two attached hydrogens (primary N) is 1. The first kappa shape index (κ1) is 23.7. The maximum Gasteiger partial charge on any atom is 0.250 e. The molecule has 2 aromatic carbocycles. The fourth-order valence-electron chi connectivity index (χ4n) is 5.72.